The van der Waals surface area contributed by atoms with Gasteiger partial charge in [-0.3, -0.25) is 0 Å². The second kappa shape index (κ2) is 6.87. The van der Waals surface area contributed by atoms with Crippen molar-refractivity contribution in [2.75, 3.05) is 13.2 Å². The number of hydrogen-bond donors (Lipinski definition) is 1. The van der Waals surface area contributed by atoms with Crippen molar-refractivity contribution in [1.29, 1.82) is 0 Å². The Hall–Kier alpha value is -1.13. The van der Waals surface area contributed by atoms with E-state index in [4.69, 9.17) is 9.47 Å². The van der Waals surface area contributed by atoms with Gasteiger partial charge in [0, 0.05) is 6.54 Å². The third-order valence-corrected chi connectivity index (χ3v) is 3.32. The minimum Gasteiger partial charge on any atom is -0.488 e. The molecule has 106 valence electrons. The molecule has 1 aromatic carbocycles. The van der Waals surface area contributed by atoms with E-state index in [1.165, 1.54) is 6.07 Å². The smallest absolute Gasteiger partial charge is 0.165 e. The van der Waals surface area contributed by atoms with Crippen molar-refractivity contribution in [1.82, 2.24) is 5.32 Å². The Balaban J connectivity index is 1.86. The van der Waals surface area contributed by atoms with Crippen LogP contribution in [0.4, 0.5) is 4.39 Å². The van der Waals surface area contributed by atoms with Gasteiger partial charge in [0.1, 0.15) is 6.61 Å². The maximum absolute atomic E-state index is 13.8. The molecule has 2 rings (SSSR count). The van der Waals surface area contributed by atoms with E-state index in [9.17, 15) is 4.39 Å². The fraction of sp³-hybridized carbons (Fsp3) is 0.600. The van der Waals surface area contributed by atoms with Gasteiger partial charge in [0.2, 0.25) is 0 Å². The van der Waals surface area contributed by atoms with E-state index < -0.39 is 0 Å². The maximum Gasteiger partial charge on any atom is 0.165 e. The zero-order chi connectivity index (χ0) is 13.7. The number of ether oxygens (including phenoxy) is 2. The predicted molar refractivity (Wildman–Crippen MR) is 72.8 cm³/mol. The Morgan fingerprint density at radius 3 is 2.89 bits per heavy atom. The van der Waals surface area contributed by atoms with Crippen molar-refractivity contribution in [3.8, 4) is 5.75 Å². The fourth-order valence-electron chi connectivity index (χ4n) is 2.23. The molecule has 4 heteroatoms. The minimum absolute atomic E-state index is 0.0934. The van der Waals surface area contributed by atoms with Crippen molar-refractivity contribution < 1.29 is 13.9 Å². The highest BCUT2D eigenvalue weighted by Crippen LogP contribution is 2.22. The Kier molecular flexibility index (Phi) is 5.16. The SMILES string of the molecule is CCNCc1ccc(OCC2CCC(C)O2)c(F)c1. The van der Waals surface area contributed by atoms with Crippen LogP contribution in [0, 0.1) is 5.82 Å². The van der Waals surface area contributed by atoms with Gasteiger partial charge in [0.15, 0.2) is 11.6 Å². The number of rotatable bonds is 6. The Labute approximate surface area is 114 Å². The first-order valence-corrected chi connectivity index (χ1v) is 6.96. The van der Waals surface area contributed by atoms with Crippen LogP contribution in [0.25, 0.3) is 0 Å². The van der Waals surface area contributed by atoms with Gasteiger partial charge in [-0.05, 0) is 44.0 Å². The molecule has 2 atom stereocenters. The molecule has 3 nitrogen and oxygen atoms in total. The Bertz CT molecular complexity index is 411. The topological polar surface area (TPSA) is 30.5 Å². The molecule has 1 N–H and O–H groups in total. The minimum atomic E-state index is -0.304. The van der Waals surface area contributed by atoms with Gasteiger partial charge in [-0.25, -0.2) is 4.39 Å². The lowest BCUT2D eigenvalue weighted by Gasteiger charge is -2.13. The molecule has 1 saturated heterocycles. The average molecular weight is 267 g/mol. The molecular formula is C15H22FNO2. The summed E-state index contributed by atoms with van der Waals surface area (Å²) in [5.74, 6) is 0.00449. The largest absolute Gasteiger partial charge is 0.488 e. The van der Waals surface area contributed by atoms with Gasteiger partial charge in [0.25, 0.3) is 0 Å². The molecule has 1 aliphatic rings. The summed E-state index contributed by atoms with van der Waals surface area (Å²) in [6.45, 7) is 6.05. The van der Waals surface area contributed by atoms with Gasteiger partial charge in [-0.15, -0.1) is 0 Å². The van der Waals surface area contributed by atoms with E-state index in [0.717, 1.165) is 24.9 Å². The summed E-state index contributed by atoms with van der Waals surface area (Å²) in [6.07, 6.45) is 2.43. The summed E-state index contributed by atoms with van der Waals surface area (Å²) in [5.41, 5.74) is 0.928. The number of halogens is 1. The van der Waals surface area contributed by atoms with Crippen LogP contribution < -0.4 is 10.1 Å². The van der Waals surface area contributed by atoms with E-state index in [0.29, 0.717) is 25.0 Å². The predicted octanol–water partition coefficient (Wildman–Crippen LogP) is 2.88. The third-order valence-electron chi connectivity index (χ3n) is 3.32. The summed E-state index contributed by atoms with van der Waals surface area (Å²) >= 11 is 0. The monoisotopic (exact) mass is 267 g/mol. The lowest BCUT2D eigenvalue weighted by atomic mass is 10.2. The highest BCUT2D eigenvalue weighted by Gasteiger charge is 2.22. The molecule has 1 fully saturated rings. The van der Waals surface area contributed by atoms with Crippen LogP contribution in [-0.4, -0.2) is 25.4 Å². The van der Waals surface area contributed by atoms with Crippen LogP contribution in [0.2, 0.25) is 0 Å². The van der Waals surface area contributed by atoms with E-state index in [1.807, 2.05) is 13.0 Å². The maximum atomic E-state index is 13.8. The molecule has 2 unspecified atom stereocenters. The van der Waals surface area contributed by atoms with E-state index in [-0.39, 0.29) is 11.9 Å². The summed E-state index contributed by atoms with van der Waals surface area (Å²) in [7, 11) is 0. The lowest BCUT2D eigenvalue weighted by Crippen LogP contribution is -2.18. The van der Waals surface area contributed by atoms with Crippen molar-refractivity contribution in [2.24, 2.45) is 0 Å². The van der Waals surface area contributed by atoms with Crippen LogP contribution in [0.5, 0.6) is 5.75 Å². The van der Waals surface area contributed by atoms with Crippen molar-refractivity contribution >= 4 is 0 Å². The standard InChI is InChI=1S/C15H22FNO2/c1-3-17-9-12-5-7-15(14(16)8-12)18-10-13-6-4-11(2)19-13/h5,7-8,11,13,17H,3-4,6,9-10H2,1-2H3. The first-order valence-electron chi connectivity index (χ1n) is 6.96. The zero-order valence-electron chi connectivity index (χ0n) is 11.6. The highest BCUT2D eigenvalue weighted by molar-refractivity contribution is 5.29. The van der Waals surface area contributed by atoms with Gasteiger partial charge >= 0.3 is 0 Å². The lowest BCUT2D eigenvalue weighted by molar-refractivity contribution is 0.0256. The van der Waals surface area contributed by atoms with Crippen molar-refractivity contribution in [3.05, 3.63) is 29.6 Å². The third kappa shape index (κ3) is 4.18. The number of hydrogen-bond acceptors (Lipinski definition) is 3. The first kappa shape index (κ1) is 14.3. The molecule has 1 heterocycles. The molecule has 0 aromatic heterocycles. The van der Waals surface area contributed by atoms with Crippen LogP contribution in [0.15, 0.2) is 18.2 Å². The van der Waals surface area contributed by atoms with Gasteiger partial charge in [-0.2, -0.15) is 0 Å². The van der Waals surface area contributed by atoms with Crippen LogP contribution in [0.3, 0.4) is 0 Å². The second-order valence-corrected chi connectivity index (χ2v) is 5.00. The molecule has 0 amide bonds. The number of benzene rings is 1. The molecule has 1 aliphatic heterocycles. The van der Waals surface area contributed by atoms with Crippen molar-refractivity contribution in [3.63, 3.8) is 0 Å². The zero-order valence-corrected chi connectivity index (χ0v) is 11.6. The van der Waals surface area contributed by atoms with E-state index >= 15 is 0 Å². The second-order valence-electron chi connectivity index (χ2n) is 5.00. The molecule has 0 radical (unpaired) electrons. The Morgan fingerprint density at radius 1 is 1.42 bits per heavy atom. The van der Waals surface area contributed by atoms with Crippen LogP contribution in [0.1, 0.15) is 32.3 Å². The van der Waals surface area contributed by atoms with E-state index in [1.54, 1.807) is 6.07 Å². The molecule has 19 heavy (non-hydrogen) atoms. The first-order chi connectivity index (χ1) is 9.19. The molecule has 0 spiro atoms. The van der Waals surface area contributed by atoms with Gasteiger partial charge < -0.3 is 14.8 Å². The quantitative estimate of drug-likeness (QED) is 0.859. The fourth-order valence-corrected chi connectivity index (χ4v) is 2.23. The highest BCUT2D eigenvalue weighted by atomic mass is 19.1. The summed E-state index contributed by atoms with van der Waals surface area (Å²) in [5, 5.41) is 3.17. The molecule has 0 bridgehead atoms. The summed E-state index contributed by atoms with van der Waals surface area (Å²) < 4.78 is 25.0. The molecular weight excluding hydrogens is 245 g/mol. The van der Waals surface area contributed by atoms with Gasteiger partial charge in [-0.1, -0.05) is 13.0 Å². The summed E-state index contributed by atoms with van der Waals surface area (Å²) in [6, 6.07) is 5.11. The normalized spacial score (nSPS) is 22.7. The van der Waals surface area contributed by atoms with E-state index in [2.05, 4.69) is 12.2 Å². The molecule has 1 aromatic rings. The van der Waals surface area contributed by atoms with Crippen LogP contribution >= 0.6 is 0 Å². The van der Waals surface area contributed by atoms with Crippen LogP contribution in [-0.2, 0) is 11.3 Å². The number of nitrogens with one attached hydrogen (secondary N) is 1. The average Bonchev–Trinajstić information content (AvgIpc) is 2.81. The Morgan fingerprint density at radius 2 is 2.26 bits per heavy atom. The van der Waals surface area contributed by atoms with Crippen molar-refractivity contribution in [2.45, 2.75) is 45.4 Å². The molecule has 0 saturated carbocycles. The summed E-state index contributed by atoms with van der Waals surface area (Å²) in [4.78, 5) is 0. The van der Waals surface area contributed by atoms with Gasteiger partial charge in [0.05, 0.1) is 12.2 Å². The molecule has 0 aliphatic carbocycles.